The topological polar surface area (TPSA) is 84.2 Å². The number of hydrogen-bond acceptors (Lipinski definition) is 3. The van der Waals surface area contributed by atoms with Crippen molar-refractivity contribution in [3.8, 4) is 0 Å². The van der Waals surface area contributed by atoms with Crippen LogP contribution in [0.4, 0.5) is 0 Å². The maximum Gasteiger partial charge on any atom is 0.277 e. The molecule has 1 unspecified atom stereocenters. The molecule has 5 nitrogen and oxygen atoms in total. The van der Waals surface area contributed by atoms with Gasteiger partial charge < -0.3 is 5.73 Å². The molecule has 0 saturated heterocycles. The molecule has 0 radical (unpaired) electrons. The second kappa shape index (κ2) is 4.37. The second-order valence-corrected chi connectivity index (χ2v) is 6.60. The van der Waals surface area contributed by atoms with Crippen LogP contribution in [-0.2, 0) is 10.2 Å². The molecule has 1 aliphatic carbocycles. The first-order chi connectivity index (χ1) is 6.73. The lowest BCUT2D eigenvalue weighted by Gasteiger charge is -2.23. The molecule has 1 fully saturated rings. The molecule has 0 aromatic rings. The van der Waals surface area contributed by atoms with Crippen LogP contribution in [0.25, 0.3) is 0 Å². The van der Waals surface area contributed by atoms with Gasteiger partial charge in [-0.3, -0.25) is 0 Å². The Morgan fingerprint density at radius 2 is 1.93 bits per heavy atom. The highest BCUT2D eigenvalue weighted by molar-refractivity contribution is 7.87. The standard InChI is InChI=1S/C9H21N3O2S/c1-9(2,3)12-15(13,14)11-8(6-10)7-4-5-7/h7-8,11-12H,4-6,10H2,1-3H3. The van der Waals surface area contributed by atoms with E-state index in [-0.39, 0.29) is 6.04 Å². The van der Waals surface area contributed by atoms with E-state index in [1.807, 2.05) is 0 Å². The molecule has 1 aliphatic rings. The van der Waals surface area contributed by atoms with Gasteiger partial charge in [0.25, 0.3) is 10.2 Å². The summed E-state index contributed by atoms with van der Waals surface area (Å²) in [5, 5.41) is 0. The minimum atomic E-state index is -3.44. The van der Waals surface area contributed by atoms with Gasteiger partial charge in [-0.05, 0) is 39.5 Å². The summed E-state index contributed by atoms with van der Waals surface area (Å²) < 4.78 is 28.5. The Hall–Kier alpha value is -0.170. The van der Waals surface area contributed by atoms with Crippen LogP contribution < -0.4 is 15.2 Å². The molecule has 0 aliphatic heterocycles. The van der Waals surface area contributed by atoms with Gasteiger partial charge in [-0.1, -0.05) is 0 Å². The Morgan fingerprint density at radius 3 is 2.27 bits per heavy atom. The van der Waals surface area contributed by atoms with E-state index >= 15 is 0 Å². The third-order valence-corrected chi connectivity index (χ3v) is 3.69. The zero-order valence-corrected chi connectivity index (χ0v) is 10.4. The Balaban J connectivity index is 2.54. The van der Waals surface area contributed by atoms with Crippen LogP contribution in [0.2, 0.25) is 0 Å². The van der Waals surface area contributed by atoms with Crippen LogP contribution >= 0.6 is 0 Å². The number of nitrogens with one attached hydrogen (secondary N) is 2. The molecule has 0 heterocycles. The van der Waals surface area contributed by atoms with Gasteiger partial charge in [-0.25, -0.2) is 0 Å². The van der Waals surface area contributed by atoms with Crippen molar-refractivity contribution in [2.45, 2.75) is 45.2 Å². The Bertz CT molecular complexity index is 304. The van der Waals surface area contributed by atoms with Crippen molar-refractivity contribution < 1.29 is 8.42 Å². The predicted molar refractivity (Wildman–Crippen MR) is 60.5 cm³/mol. The molecule has 0 aromatic heterocycles. The average molecular weight is 235 g/mol. The van der Waals surface area contributed by atoms with Gasteiger partial charge in [-0.2, -0.15) is 17.9 Å². The third kappa shape index (κ3) is 4.92. The molecular weight excluding hydrogens is 214 g/mol. The largest absolute Gasteiger partial charge is 0.329 e. The van der Waals surface area contributed by atoms with Gasteiger partial charge in [0.1, 0.15) is 0 Å². The molecule has 1 atom stereocenters. The highest BCUT2D eigenvalue weighted by Gasteiger charge is 2.33. The van der Waals surface area contributed by atoms with E-state index in [0.29, 0.717) is 12.5 Å². The molecule has 1 rings (SSSR count). The van der Waals surface area contributed by atoms with Crippen molar-refractivity contribution in [2.24, 2.45) is 11.7 Å². The van der Waals surface area contributed by atoms with Crippen molar-refractivity contribution in [3.05, 3.63) is 0 Å². The summed E-state index contributed by atoms with van der Waals surface area (Å²) in [4.78, 5) is 0. The summed E-state index contributed by atoms with van der Waals surface area (Å²) in [6, 6.07) is -0.121. The number of hydrogen-bond donors (Lipinski definition) is 3. The van der Waals surface area contributed by atoms with Crippen LogP contribution in [0.3, 0.4) is 0 Å². The lowest BCUT2D eigenvalue weighted by atomic mass is 10.1. The molecule has 90 valence electrons. The minimum absolute atomic E-state index is 0.121. The maximum atomic E-state index is 11.7. The van der Waals surface area contributed by atoms with Crippen LogP contribution in [0, 0.1) is 5.92 Å². The van der Waals surface area contributed by atoms with Crippen molar-refractivity contribution in [3.63, 3.8) is 0 Å². The zero-order valence-electron chi connectivity index (χ0n) is 9.58. The average Bonchev–Trinajstić information content (AvgIpc) is 2.77. The summed E-state index contributed by atoms with van der Waals surface area (Å²) in [6.45, 7) is 5.78. The van der Waals surface area contributed by atoms with Crippen molar-refractivity contribution in [2.75, 3.05) is 6.54 Å². The normalized spacial score (nSPS) is 20.3. The van der Waals surface area contributed by atoms with Crippen molar-refractivity contribution in [1.82, 2.24) is 9.44 Å². The van der Waals surface area contributed by atoms with Gasteiger partial charge in [0.15, 0.2) is 0 Å². The SMILES string of the molecule is CC(C)(C)NS(=O)(=O)NC(CN)C1CC1. The fourth-order valence-electron chi connectivity index (χ4n) is 1.47. The molecule has 0 amide bonds. The molecule has 1 saturated carbocycles. The predicted octanol–water partition coefficient (Wildman–Crippen LogP) is -0.0538. The summed E-state index contributed by atoms with van der Waals surface area (Å²) in [7, 11) is -3.44. The van der Waals surface area contributed by atoms with Gasteiger partial charge in [0.05, 0.1) is 0 Å². The first-order valence-corrected chi connectivity index (χ1v) is 6.73. The fourth-order valence-corrected chi connectivity index (χ4v) is 3.02. The summed E-state index contributed by atoms with van der Waals surface area (Å²) >= 11 is 0. The molecule has 6 heteroatoms. The molecule has 0 bridgehead atoms. The minimum Gasteiger partial charge on any atom is -0.329 e. The number of rotatable bonds is 5. The smallest absolute Gasteiger partial charge is 0.277 e. The second-order valence-electron chi connectivity index (χ2n) is 5.15. The molecular formula is C9H21N3O2S. The zero-order chi connectivity index (χ0) is 11.7. The van der Waals surface area contributed by atoms with Crippen LogP contribution in [0.15, 0.2) is 0 Å². The summed E-state index contributed by atoms with van der Waals surface area (Å²) in [5.74, 6) is 0.423. The molecule has 0 spiro atoms. The Kier molecular flexibility index (Phi) is 3.76. The van der Waals surface area contributed by atoms with Gasteiger partial charge in [0.2, 0.25) is 0 Å². The van der Waals surface area contributed by atoms with E-state index in [2.05, 4.69) is 9.44 Å². The third-order valence-electron chi connectivity index (χ3n) is 2.19. The first-order valence-electron chi connectivity index (χ1n) is 5.25. The van der Waals surface area contributed by atoms with E-state index in [1.54, 1.807) is 20.8 Å². The van der Waals surface area contributed by atoms with E-state index < -0.39 is 15.7 Å². The Labute approximate surface area is 92.0 Å². The highest BCUT2D eigenvalue weighted by Crippen LogP contribution is 2.32. The van der Waals surface area contributed by atoms with Crippen LogP contribution in [0.5, 0.6) is 0 Å². The van der Waals surface area contributed by atoms with E-state index in [9.17, 15) is 8.42 Å². The van der Waals surface area contributed by atoms with Crippen molar-refractivity contribution >= 4 is 10.2 Å². The maximum absolute atomic E-state index is 11.7. The van der Waals surface area contributed by atoms with E-state index in [4.69, 9.17) is 5.73 Å². The van der Waals surface area contributed by atoms with Gasteiger partial charge >= 0.3 is 0 Å². The lowest BCUT2D eigenvalue weighted by Crippen LogP contribution is -2.52. The quantitative estimate of drug-likeness (QED) is 0.624. The summed E-state index contributed by atoms with van der Waals surface area (Å²) in [5.41, 5.74) is 5.07. The van der Waals surface area contributed by atoms with Gasteiger partial charge in [0, 0.05) is 18.1 Å². The molecule has 4 N–H and O–H groups in total. The highest BCUT2D eigenvalue weighted by atomic mass is 32.2. The first kappa shape index (κ1) is 12.9. The Morgan fingerprint density at radius 1 is 1.40 bits per heavy atom. The van der Waals surface area contributed by atoms with E-state index in [1.165, 1.54) is 0 Å². The fraction of sp³-hybridized carbons (Fsp3) is 1.00. The lowest BCUT2D eigenvalue weighted by molar-refractivity contribution is 0.464. The van der Waals surface area contributed by atoms with E-state index in [0.717, 1.165) is 12.8 Å². The van der Waals surface area contributed by atoms with Gasteiger partial charge in [-0.15, -0.1) is 0 Å². The van der Waals surface area contributed by atoms with Crippen LogP contribution in [0.1, 0.15) is 33.6 Å². The summed E-state index contributed by atoms with van der Waals surface area (Å²) in [6.07, 6.45) is 2.14. The number of nitrogens with two attached hydrogens (primary N) is 1. The molecule has 15 heavy (non-hydrogen) atoms. The van der Waals surface area contributed by atoms with Crippen molar-refractivity contribution in [1.29, 1.82) is 0 Å². The molecule has 0 aromatic carbocycles. The van der Waals surface area contributed by atoms with Crippen LogP contribution in [-0.4, -0.2) is 26.5 Å². The monoisotopic (exact) mass is 235 g/mol.